The van der Waals surface area contributed by atoms with Gasteiger partial charge in [0.1, 0.15) is 12.4 Å². The number of benzene rings is 1. The second-order valence-electron chi connectivity index (χ2n) is 3.64. The van der Waals surface area contributed by atoms with Gasteiger partial charge in [-0.25, -0.2) is 0 Å². The maximum absolute atomic E-state index is 11.6. The van der Waals surface area contributed by atoms with Crippen LogP contribution in [0, 0.1) is 0 Å². The smallest absolute Gasteiger partial charge is 0.179 e. The van der Waals surface area contributed by atoms with Gasteiger partial charge in [0.05, 0.1) is 11.7 Å². The Morgan fingerprint density at radius 3 is 3.13 bits per heavy atom. The summed E-state index contributed by atoms with van der Waals surface area (Å²) >= 11 is 0. The minimum absolute atomic E-state index is 0.0508. The van der Waals surface area contributed by atoms with Crippen molar-refractivity contribution in [1.29, 1.82) is 0 Å². The van der Waals surface area contributed by atoms with Gasteiger partial charge in [-0.3, -0.25) is 4.79 Å². The van der Waals surface area contributed by atoms with E-state index in [1.807, 2.05) is 0 Å². The molecule has 1 heterocycles. The molecular weight excluding hydrogens is 192 g/mol. The van der Waals surface area contributed by atoms with Gasteiger partial charge in [0, 0.05) is 12.1 Å². The summed E-state index contributed by atoms with van der Waals surface area (Å²) in [5, 5.41) is 3.18. The first-order chi connectivity index (χ1) is 7.18. The Bertz CT molecular complexity index is 388. The number of nitrogens with two attached hydrogens (primary N) is 1. The molecule has 0 spiro atoms. The van der Waals surface area contributed by atoms with Crippen LogP contribution in [-0.4, -0.2) is 25.0 Å². The Kier molecular flexibility index (Phi) is 2.60. The molecule has 1 atom stereocenters. The van der Waals surface area contributed by atoms with Crippen LogP contribution in [0.25, 0.3) is 0 Å². The fourth-order valence-corrected chi connectivity index (χ4v) is 1.56. The number of ketones is 1. The lowest BCUT2D eigenvalue weighted by Crippen LogP contribution is -2.27. The Hall–Kier alpha value is -1.55. The fourth-order valence-electron chi connectivity index (χ4n) is 1.56. The maximum Gasteiger partial charge on any atom is 0.179 e. The van der Waals surface area contributed by atoms with Gasteiger partial charge in [-0.2, -0.15) is 0 Å². The standard InChI is InChI=1S/C11H14N2O2/c1-7(12)11(14)8-2-3-10-9(6-8)13-4-5-15-10/h2-3,6-7,13H,4-5,12H2,1H3. The number of hydrogen-bond acceptors (Lipinski definition) is 4. The van der Waals surface area contributed by atoms with Crippen LogP contribution in [0.2, 0.25) is 0 Å². The molecule has 0 fully saturated rings. The van der Waals surface area contributed by atoms with Crippen molar-refractivity contribution in [3.05, 3.63) is 23.8 Å². The predicted octanol–water partition coefficient (Wildman–Crippen LogP) is 1.02. The van der Waals surface area contributed by atoms with E-state index in [-0.39, 0.29) is 5.78 Å². The summed E-state index contributed by atoms with van der Waals surface area (Å²) in [6.45, 7) is 3.11. The van der Waals surface area contributed by atoms with Gasteiger partial charge in [0.25, 0.3) is 0 Å². The summed E-state index contributed by atoms with van der Waals surface area (Å²) in [6.07, 6.45) is 0. The summed E-state index contributed by atoms with van der Waals surface area (Å²) in [6, 6.07) is 4.88. The first-order valence-corrected chi connectivity index (χ1v) is 4.99. The minimum atomic E-state index is -0.465. The highest BCUT2D eigenvalue weighted by Crippen LogP contribution is 2.28. The van der Waals surface area contributed by atoms with Gasteiger partial charge >= 0.3 is 0 Å². The van der Waals surface area contributed by atoms with E-state index in [2.05, 4.69) is 5.32 Å². The molecule has 1 aliphatic rings. The number of ether oxygens (including phenoxy) is 1. The molecule has 15 heavy (non-hydrogen) atoms. The lowest BCUT2D eigenvalue weighted by molar-refractivity contribution is 0.0968. The summed E-state index contributed by atoms with van der Waals surface area (Å²) in [7, 11) is 0. The molecule has 0 aromatic heterocycles. The van der Waals surface area contributed by atoms with Gasteiger partial charge in [0.15, 0.2) is 5.78 Å². The predicted molar refractivity (Wildman–Crippen MR) is 58.4 cm³/mol. The number of carbonyl (C=O) groups is 1. The van der Waals surface area contributed by atoms with Crippen LogP contribution >= 0.6 is 0 Å². The third kappa shape index (κ3) is 1.94. The first kappa shape index (κ1) is 9.98. The zero-order valence-electron chi connectivity index (χ0n) is 8.62. The van der Waals surface area contributed by atoms with Crippen LogP contribution in [0.5, 0.6) is 5.75 Å². The highest BCUT2D eigenvalue weighted by molar-refractivity contribution is 6.00. The second-order valence-corrected chi connectivity index (χ2v) is 3.64. The van der Waals surface area contributed by atoms with Crippen molar-refractivity contribution < 1.29 is 9.53 Å². The Morgan fingerprint density at radius 1 is 1.60 bits per heavy atom. The van der Waals surface area contributed by atoms with E-state index in [9.17, 15) is 4.79 Å². The van der Waals surface area contributed by atoms with Crippen LogP contribution < -0.4 is 15.8 Å². The van der Waals surface area contributed by atoms with E-state index in [1.165, 1.54) is 0 Å². The van der Waals surface area contributed by atoms with Crippen LogP contribution in [0.4, 0.5) is 5.69 Å². The van der Waals surface area contributed by atoms with Crippen molar-refractivity contribution in [2.45, 2.75) is 13.0 Å². The maximum atomic E-state index is 11.6. The quantitative estimate of drug-likeness (QED) is 0.709. The average Bonchev–Trinajstić information content (AvgIpc) is 2.27. The van der Waals surface area contributed by atoms with Crippen molar-refractivity contribution in [2.75, 3.05) is 18.5 Å². The average molecular weight is 206 g/mol. The van der Waals surface area contributed by atoms with E-state index in [1.54, 1.807) is 25.1 Å². The highest BCUT2D eigenvalue weighted by Gasteiger charge is 2.15. The van der Waals surface area contributed by atoms with Crippen molar-refractivity contribution >= 4 is 11.5 Å². The largest absolute Gasteiger partial charge is 0.490 e. The van der Waals surface area contributed by atoms with Crippen molar-refractivity contribution in [2.24, 2.45) is 5.73 Å². The molecule has 80 valence electrons. The number of Topliss-reactive ketones (excluding diaryl/α,β-unsaturated/α-hetero) is 1. The monoisotopic (exact) mass is 206 g/mol. The molecule has 4 nitrogen and oxygen atoms in total. The van der Waals surface area contributed by atoms with Crippen molar-refractivity contribution in [3.8, 4) is 5.75 Å². The number of anilines is 1. The molecule has 0 radical (unpaired) electrons. The molecule has 3 N–H and O–H groups in total. The Balaban J connectivity index is 2.32. The third-order valence-electron chi connectivity index (χ3n) is 2.35. The SMILES string of the molecule is CC(N)C(=O)c1ccc2c(c1)NCCO2. The van der Waals surface area contributed by atoms with Crippen LogP contribution in [-0.2, 0) is 0 Å². The zero-order valence-corrected chi connectivity index (χ0v) is 8.62. The molecule has 0 saturated heterocycles. The zero-order chi connectivity index (χ0) is 10.8. The van der Waals surface area contributed by atoms with Crippen LogP contribution in [0.3, 0.4) is 0 Å². The molecule has 0 aliphatic carbocycles. The molecule has 1 aromatic rings. The lowest BCUT2D eigenvalue weighted by Gasteiger charge is -2.19. The molecule has 4 heteroatoms. The molecular formula is C11H14N2O2. The van der Waals surface area contributed by atoms with Gasteiger partial charge in [-0.15, -0.1) is 0 Å². The van der Waals surface area contributed by atoms with Gasteiger partial charge in [-0.05, 0) is 25.1 Å². The Labute approximate surface area is 88.4 Å². The molecule has 0 amide bonds. The van der Waals surface area contributed by atoms with Gasteiger partial charge in [-0.1, -0.05) is 0 Å². The lowest BCUT2D eigenvalue weighted by atomic mass is 10.0. The van der Waals surface area contributed by atoms with Crippen molar-refractivity contribution in [1.82, 2.24) is 0 Å². The number of nitrogens with one attached hydrogen (secondary N) is 1. The van der Waals surface area contributed by atoms with Crippen molar-refractivity contribution in [3.63, 3.8) is 0 Å². The molecule has 2 rings (SSSR count). The van der Waals surface area contributed by atoms with E-state index in [0.29, 0.717) is 12.2 Å². The summed E-state index contributed by atoms with van der Waals surface area (Å²) in [5.74, 6) is 0.743. The van der Waals surface area contributed by atoms with E-state index >= 15 is 0 Å². The number of fused-ring (bicyclic) bond motifs is 1. The minimum Gasteiger partial charge on any atom is -0.490 e. The Morgan fingerprint density at radius 2 is 2.40 bits per heavy atom. The molecule has 1 aromatic carbocycles. The van der Waals surface area contributed by atoms with Gasteiger partial charge < -0.3 is 15.8 Å². The molecule has 0 saturated carbocycles. The van der Waals surface area contributed by atoms with Crippen LogP contribution in [0.15, 0.2) is 18.2 Å². The van der Waals surface area contributed by atoms with Gasteiger partial charge in [0.2, 0.25) is 0 Å². The van der Waals surface area contributed by atoms with E-state index < -0.39 is 6.04 Å². The van der Waals surface area contributed by atoms with Crippen LogP contribution in [0.1, 0.15) is 17.3 Å². The third-order valence-corrected chi connectivity index (χ3v) is 2.35. The topological polar surface area (TPSA) is 64.4 Å². The number of rotatable bonds is 2. The highest BCUT2D eigenvalue weighted by atomic mass is 16.5. The number of hydrogen-bond donors (Lipinski definition) is 2. The summed E-state index contributed by atoms with van der Waals surface area (Å²) in [4.78, 5) is 11.6. The fraction of sp³-hybridized carbons (Fsp3) is 0.364. The second kappa shape index (κ2) is 3.90. The molecule has 1 unspecified atom stereocenters. The first-order valence-electron chi connectivity index (χ1n) is 4.99. The summed E-state index contributed by atoms with van der Waals surface area (Å²) in [5.41, 5.74) is 7.04. The molecule has 1 aliphatic heterocycles. The number of carbonyl (C=O) groups excluding carboxylic acids is 1. The normalized spacial score (nSPS) is 15.9. The molecule has 0 bridgehead atoms. The van der Waals surface area contributed by atoms with E-state index in [0.717, 1.165) is 18.0 Å². The van der Waals surface area contributed by atoms with E-state index in [4.69, 9.17) is 10.5 Å². The summed E-state index contributed by atoms with van der Waals surface area (Å²) < 4.78 is 5.41.